The van der Waals surface area contributed by atoms with Gasteiger partial charge >= 0.3 is 0 Å². The molecule has 0 unspecified atom stereocenters. The molecule has 12 rings (SSSR count). The molecule has 4 nitrogen and oxygen atoms in total. The van der Waals surface area contributed by atoms with E-state index in [9.17, 15) is 0 Å². The first-order valence-electron chi connectivity index (χ1n) is 18.1. The summed E-state index contributed by atoms with van der Waals surface area (Å²) < 4.78 is 18.6. The van der Waals surface area contributed by atoms with Gasteiger partial charge in [0.2, 0.25) is 0 Å². The Labute approximate surface area is 305 Å². The summed E-state index contributed by atoms with van der Waals surface area (Å²) in [6.07, 6.45) is 0. The van der Waals surface area contributed by atoms with Gasteiger partial charge < -0.3 is 18.6 Å². The molecule has 2 aliphatic rings. The Kier molecular flexibility index (Phi) is 5.83. The second-order valence-corrected chi connectivity index (χ2v) is 14.0. The van der Waals surface area contributed by atoms with E-state index >= 15 is 0 Å². The number of benzene rings is 8. The van der Waals surface area contributed by atoms with Crippen LogP contribution in [0.1, 0.15) is 0 Å². The summed E-state index contributed by atoms with van der Waals surface area (Å²) in [4.78, 5) is 0. The van der Waals surface area contributed by atoms with Crippen molar-refractivity contribution in [1.82, 2.24) is 9.13 Å². The summed E-state index contributed by atoms with van der Waals surface area (Å²) >= 11 is 0. The van der Waals surface area contributed by atoms with Crippen molar-refractivity contribution in [2.75, 3.05) is 0 Å². The second-order valence-electron chi connectivity index (χ2n) is 14.0. The van der Waals surface area contributed by atoms with Crippen molar-refractivity contribution in [3.63, 3.8) is 0 Å². The first kappa shape index (κ1) is 28.7. The third-order valence-electron chi connectivity index (χ3n) is 11.2. The van der Waals surface area contributed by atoms with E-state index in [4.69, 9.17) is 9.47 Å². The fourth-order valence-corrected chi connectivity index (χ4v) is 9.09. The van der Waals surface area contributed by atoms with E-state index in [-0.39, 0.29) is 6.71 Å². The highest BCUT2D eigenvalue weighted by Crippen LogP contribution is 2.48. The van der Waals surface area contributed by atoms with Crippen LogP contribution in [0.3, 0.4) is 0 Å². The van der Waals surface area contributed by atoms with Crippen LogP contribution in [0.25, 0.3) is 66.1 Å². The zero-order valence-electron chi connectivity index (χ0n) is 28.5. The fraction of sp³-hybridized carbons (Fsp3) is 0. The molecule has 53 heavy (non-hydrogen) atoms. The Hall–Kier alpha value is -6.98. The highest BCUT2D eigenvalue weighted by molar-refractivity contribution is 6.98. The quantitative estimate of drug-likeness (QED) is 0.174. The molecule has 246 valence electrons. The average Bonchev–Trinajstić information content (AvgIpc) is 3.73. The number of fused-ring (bicyclic) bond motifs is 10. The molecule has 0 N–H and O–H groups in total. The first-order valence-corrected chi connectivity index (χ1v) is 18.1. The fourth-order valence-electron chi connectivity index (χ4n) is 9.09. The lowest BCUT2D eigenvalue weighted by molar-refractivity contribution is 0.465. The predicted octanol–water partition coefficient (Wildman–Crippen LogP) is 10.3. The van der Waals surface area contributed by atoms with Gasteiger partial charge in [-0.25, -0.2) is 0 Å². The van der Waals surface area contributed by atoms with Gasteiger partial charge in [-0.05, 0) is 83.2 Å². The van der Waals surface area contributed by atoms with Crippen LogP contribution in [0, 0.1) is 0 Å². The van der Waals surface area contributed by atoms with Crippen LogP contribution in [-0.2, 0) is 0 Å². The lowest BCUT2D eigenvalue weighted by Gasteiger charge is -2.33. The molecular formula is C48H29BN2O2. The van der Waals surface area contributed by atoms with Gasteiger partial charge in [0.25, 0.3) is 6.71 Å². The Bertz CT molecular complexity index is 3050. The molecule has 10 aromatic rings. The van der Waals surface area contributed by atoms with Gasteiger partial charge in [-0.3, -0.25) is 0 Å². The molecule has 0 fully saturated rings. The van der Waals surface area contributed by atoms with Crippen LogP contribution in [-0.4, -0.2) is 15.8 Å². The summed E-state index contributed by atoms with van der Waals surface area (Å²) in [7, 11) is 0. The molecule has 0 radical (unpaired) electrons. The zero-order chi connectivity index (χ0) is 34.6. The number of nitrogens with zero attached hydrogens (tertiary/aromatic N) is 2. The van der Waals surface area contributed by atoms with Crippen LogP contribution in [0.15, 0.2) is 176 Å². The molecule has 5 heteroatoms. The van der Waals surface area contributed by atoms with Gasteiger partial charge in [-0.1, -0.05) is 109 Å². The predicted molar refractivity (Wildman–Crippen MR) is 218 cm³/mol. The Morgan fingerprint density at radius 3 is 1.55 bits per heavy atom. The van der Waals surface area contributed by atoms with E-state index in [1.807, 2.05) is 0 Å². The lowest BCUT2D eigenvalue weighted by Crippen LogP contribution is -2.57. The third-order valence-corrected chi connectivity index (χ3v) is 11.2. The van der Waals surface area contributed by atoms with Gasteiger partial charge in [0, 0.05) is 43.9 Å². The monoisotopic (exact) mass is 676 g/mol. The Morgan fingerprint density at radius 2 is 0.906 bits per heavy atom. The molecule has 2 aliphatic heterocycles. The summed E-state index contributed by atoms with van der Waals surface area (Å²) in [6.45, 7) is 0.00974. The topological polar surface area (TPSA) is 28.3 Å². The standard InChI is InChI=1S/C48H29BN2O2/c1-3-15-31(16-4-1)50-39-24-12-8-20-34(39)46-40(50)29-35-33-19-7-11-23-38(33)51(32-17-5-2-6-18-32)48(35)45(46)30-27-43-47-44(28-30)53-42-26-14-10-22-37(42)49(47)36-21-9-13-25-41(36)52-43/h1-29H. The van der Waals surface area contributed by atoms with E-state index < -0.39 is 0 Å². The van der Waals surface area contributed by atoms with Gasteiger partial charge in [0.15, 0.2) is 0 Å². The van der Waals surface area contributed by atoms with Gasteiger partial charge in [0.05, 0.1) is 22.1 Å². The van der Waals surface area contributed by atoms with Crippen molar-refractivity contribution in [3.8, 4) is 45.5 Å². The molecule has 0 bridgehead atoms. The highest BCUT2D eigenvalue weighted by atomic mass is 16.5. The second kappa shape index (κ2) is 10.8. The minimum atomic E-state index is 0.00974. The summed E-state index contributed by atoms with van der Waals surface area (Å²) in [5.41, 5.74) is 12.4. The highest BCUT2D eigenvalue weighted by Gasteiger charge is 2.40. The van der Waals surface area contributed by atoms with Crippen molar-refractivity contribution < 1.29 is 9.47 Å². The van der Waals surface area contributed by atoms with Crippen LogP contribution in [0.5, 0.6) is 23.0 Å². The normalized spacial score (nSPS) is 12.8. The number of para-hydroxylation sites is 6. The van der Waals surface area contributed by atoms with E-state index in [0.29, 0.717) is 0 Å². The maximum absolute atomic E-state index is 6.87. The molecule has 8 aromatic carbocycles. The molecule has 0 amide bonds. The molecule has 0 spiro atoms. The van der Waals surface area contributed by atoms with Crippen molar-refractivity contribution >= 4 is 66.7 Å². The molecule has 0 atom stereocenters. The van der Waals surface area contributed by atoms with Crippen LogP contribution < -0.4 is 25.9 Å². The maximum Gasteiger partial charge on any atom is 0.260 e. The van der Waals surface area contributed by atoms with Crippen molar-refractivity contribution in [3.05, 3.63) is 176 Å². The van der Waals surface area contributed by atoms with Gasteiger partial charge in [-0.2, -0.15) is 0 Å². The Balaban J connectivity index is 1.28. The zero-order valence-corrected chi connectivity index (χ0v) is 28.5. The van der Waals surface area contributed by atoms with Crippen LogP contribution in [0.4, 0.5) is 0 Å². The minimum absolute atomic E-state index is 0.00974. The largest absolute Gasteiger partial charge is 0.458 e. The number of ether oxygens (including phenoxy) is 2. The molecule has 0 saturated carbocycles. The third kappa shape index (κ3) is 3.96. The number of rotatable bonds is 3. The summed E-state index contributed by atoms with van der Waals surface area (Å²) in [5.74, 6) is 3.42. The number of hydrogen-bond acceptors (Lipinski definition) is 2. The van der Waals surface area contributed by atoms with E-state index in [0.717, 1.165) is 84.0 Å². The van der Waals surface area contributed by atoms with Crippen molar-refractivity contribution in [2.45, 2.75) is 0 Å². The molecule has 0 aliphatic carbocycles. The minimum Gasteiger partial charge on any atom is -0.458 e. The van der Waals surface area contributed by atoms with Gasteiger partial charge in [-0.15, -0.1) is 0 Å². The summed E-state index contributed by atoms with van der Waals surface area (Å²) in [5, 5.41) is 4.77. The SMILES string of the molecule is c1ccc(-n2c3ccccc3c3c(-c4cc5c6c(c4)Oc4ccccc4B6c4ccccc4O5)c4c(cc32)c2ccccc2n4-c2ccccc2)cc1. The molecular weight excluding hydrogens is 647 g/mol. The van der Waals surface area contributed by atoms with Crippen molar-refractivity contribution in [2.24, 2.45) is 0 Å². The Morgan fingerprint density at radius 1 is 0.396 bits per heavy atom. The average molecular weight is 677 g/mol. The molecule has 4 heterocycles. The van der Waals surface area contributed by atoms with E-state index in [1.165, 1.54) is 21.5 Å². The number of aromatic nitrogens is 2. The van der Waals surface area contributed by atoms with Crippen molar-refractivity contribution in [1.29, 1.82) is 0 Å². The van der Waals surface area contributed by atoms with Crippen LogP contribution >= 0.6 is 0 Å². The van der Waals surface area contributed by atoms with Gasteiger partial charge in [0.1, 0.15) is 23.0 Å². The maximum atomic E-state index is 6.87. The smallest absolute Gasteiger partial charge is 0.260 e. The molecule has 2 aromatic heterocycles. The summed E-state index contributed by atoms with van der Waals surface area (Å²) in [6, 6.07) is 62.8. The molecule has 0 saturated heterocycles. The van der Waals surface area contributed by atoms with E-state index in [1.54, 1.807) is 0 Å². The lowest BCUT2D eigenvalue weighted by atomic mass is 9.35. The number of hydrogen-bond donors (Lipinski definition) is 0. The van der Waals surface area contributed by atoms with E-state index in [2.05, 4.69) is 185 Å². The van der Waals surface area contributed by atoms with Crippen LogP contribution in [0.2, 0.25) is 0 Å². The first-order chi connectivity index (χ1) is 26.3.